The molecule has 0 atom stereocenters. The number of rotatable bonds is 3. The second-order valence-electron chi connectivity index (χ2n) is 5.38. The van der Waals surface area contributed by atoms with Crippen LogP contribution in [0.25, 0.3) is 0 Å². The minimum absolute atomic E-state index is 0.0882. The topological polar surface area (TPSA) is 35.0 Å². The summed E-state index contributed by atoms with van der Waals surface area (Å²) in [4.78, 5) is 8.85. The van der Waals surface area contributed by atoms with Gasteiger partial charge in [0.2, 0.25) is 9.04 Å². The van der Waals surface area contributed by atoms with Gasteiger partial charge in [0.05, 0.1) is 5.69 Å². The minimum Gasteiger partial charge on any atom is -0.544 e. The van der Waals surface area contributed by atoms with Gasteiger partial charge < -0.3 is 4.43 Å². The van der Waals surface area contributed by atoms with Crippen LogP contribution in [0.3, 0.4) is 0 Å². The molecule has 17 heavy (non-hydrogen) atoms. The van der Waals surface area contributed by atoms with Gasteiger partial charge in [-0.15, -0.1) is 0 Å². The molecule has 3 nitrogen and oxygen atoms in total. The smallest absolute Gasteiger partial charge is 0.229 e. The molecule has 0 bridgehead atoms. The number of aromatic nitrogens is 2. The van der Waals surface area contributed by atoms with Gasteiger partial charge in [-0.25, -0.2) is 9.97 Å². The van der Waals surface area contributed by atoms with Crippen molar-refractivity contribution in [2.24, 2.45) is 0 Å². The monoisotopic (exact) mass is 272 g/mol. The van der Waals surface area contributed by atoms with Crippen LogP contribution in [0, 0.1) is 0 Å². The van der Waals surface area contributed by atoms with Gasteiger partial charge in [-0.3, -0.25) is 0 Å². The van der Waals surface area contributed by atoms with Crippen molar-refractivity contribution < 1.29 is 4.43 Å². The molecule has 0 fully saturated rings. The second kappa shape index (κ2) is 5.36. The van der Waals surface area contributed by atoms with Crippen LogP contribution in [-0.2, 0) is 11.8 Å². The van der Waals surface area contributed by atoms with Gasteiger partial charge in [0.1, 0.15) is 5.82 Å². The molecule has 5 heteroatoms. The number of hydrogen-bond acceptors (Lipinski definition) is 3. The zero-order valence-corrected chi connectivity index (χ0v) is 13.4. The molecule has 0 unspecified atom stereocenters. The zero-order valence-electron chi connectivity index (χ0n) is 11.5. The maximum atomic E-state index is 6.21. The van der Waals surface area contributed by atoms with Crippen molar-refractivity contribution in [2.75, 3.05) is 0 Å². The third-order valence-corrected chi connectivity index (χ3v) is 3.21. The lowest BCUT2D eigenvalue weighted by atomic mass is 9.91. The fraction of sp³-hybridized carbons (Fsp3) is 0.667. The second-order valence-corrected chi connectivity index (χ2v) is 8.07. The highest BCUT2D eigenvalue weighted by molar-refractivity contribution is 6.49. The van der Waals surface area contributed by atoms with Crippen molar-refractivity contribution in [3.05, 3.63) is 16.7 Å². The molecule has 96 valence electrons. The normalized spacial score (nSPS) is 12.0. The predicted octanol–water partition coefficient (Wildman–Crippen LogP) is 3.35. The first kappa shape index (κ1) is 14.4. The molecule has 1 rings (SSSR count). The molecule has 0 saturated carbocycles. The number of hydrogen-bond donors (Lipinski definition) is 0. The van der Waals surface area contributed by atoms with E-state index >= 15 is 0 Å². The third kappa shape index (κ3) is 3.68. The van der Waals surface area contributed by atoms with Gasteiger partial charge in [0.25, 0.3) is 0 Å². The molecule has 1 aromatic heterocycles. The van der Waals surface area contributed by atoms with Gasteiger partial charge in [-0.1, -0.05) is 39.3 Å². The average molecular weight is 273 g/mol. The van der Waals surface area contributed by atoms with Gasteiger partial charge >= 0.3 is 0 Å². The lowest BCUT2D eigenvalue weighted by Crippen LogP contribution is -2.21. The van der Waals surface area contributed by atoms with E-state index in [0.29, 0.717) is 10.9 Å². The highest BCUT2D eigenvalue weighted by Gasteiger charge is 2.25. The molecule has 0 saturated heterocycles. The zero-order chi connectivity index (χ0) is 13.2. The molecular formula is C12H21ClN2OSi. The van der Waals surface area contributed by atoms with Crippen LogP contribution in [-0.4, -0.2) is 19.0 Å². The Morgan fingerprint density at radius 2 is 1.82 bits per heavy atom. The standard InChI is InChI=1S/C12H21ClN2OSi/c1-7-8-14-10(12(2,3)4)9(11(13)15-8)16-17(5)6/h17H,7H2,1-6H3. The summed E-state index contributed by atoms with van der Waals surface area (Å²) in [6, 6.07) is 0. The Labute approximate surface area is 110 Å². The highest BCUT2D eigenvalue weighted by atomic mass is 35.5. The van der Waals surface area contributed by atoms with Crippen LogP contribution in [0.15, 0.2) is 0 Å². The molecule has 0 spiro atoms. The summed E-state index contributed by atoms with van der Waals surface area (Å²) in [5, 5.41) is 0.447. The number of halogens is 1. The maximum Gasteiger partial charge on any atom is 0.229 e. The van der Waals surface area contributed by atoms with Gasteiger partial charge in [-0.2, -0.15) is 0 Å². The summed E-state index contributed by atoms with van der Waals surface area (Å²) >= 11 is 6.21. The van der Waals surface area contributed by atoms with Crippen LogP contribution in [0.1, 0.15) is 39.2 Å². The Morgan fingerprint density at radius 1 is 1.24 bits per heavy atom. The molecule has 0 radical (unpaired) electrons. The van der Waals surface area contributed by atoms with Crippen molar-refractivity contribution in [2.45, 2.75) is 52.6 Å². The van der Waals surface area contributed by atoms with Crippen molar-refractivity contribution in [1.82, 2.24) is 9.97 Å². The lowest BCUT2D eigenvalue weighted by Gasteiger charge is -2.24. The largest absolute Gasteiger partial charge is 0.544 e. The van der Waals surface area contributed by atoms with E-state index in [1.165, 1.54) is 0 Å². The van der Waals surface area contributed by atoms with E-state index in [-0.39, 0.29) is 5.41 Å². The predicted molar refractivity (Wildman–Crippen MR) is 74.6 cm³/mol. The first-order valence-corrected chi connectivity index (χ1v) is 9.15. The van der Waals surface area contributed by atoms with Crippen LogP contribution < -0.4 is 4.43 Å². The van der Waals surface area contributed by atoms with Crippen LogP contribution in [0.2, 0.25) is 18.2 Å². The highest BCUT2D eigenvalue weighted by Crippen LogP contribution is 2.34. The van der Waals surface area contributed by atoms with Crippen molar-refractivity contribution >= 4 is 20.6 Å². The van der Waals surface area contributed by atoms with Gasteiger partial charge in [0, 0.05) is 11.8 Å². The first-order chi connectivity index (χ1) is 7.75. The van der Waals surface area contributed by atoms with Crippen molar-refractivity contribution in [3.8, 4) is 5.75 Å². The quantitative estimate of drug-likeness (QED) is 0.625. The van der Waals surface area contributed by atoms with E-state index < -0.39 is 9.04 Å². The Balaban J connectivity index is 3.35. The number of nitrogens with zero attached hydrogens (tertiary/aromatic N) is 2. The molecule has 1 heterocycles. The molecule has 0 aromatic carbocycles. The van der Waals surface area contributed by atoms with Crippen molar-refractivity contribution in [3.63, 3.8) is 0 Å². The van der Waals surface area contributed by atoms with Crippen LogP contribution in [0.4, 0.5) is 0 Å². The maximum absolute atomic E-state index is 6.21. The molecule has 0 aliphatic rings. The molecule has 0 aliphatic carbocycles. The average Bonchev–Trinajstić information content (AvgIpc) is 2.18. The van der Waals surface area contributed by atoms with E-state index in [4.69, 9.17) is 16.0 Å². The Hall–Kier alpha value is -0.613. The Kier molecular flexibility index (Phi) is 4.55. The minimum atomic E-state index is -1.21. The van der Waals surface area contributed by atoms with Crippen molar-refractivity contribution in [1.29, 1.82) is 0 Å². The number of aryl methyl sites for hydroxylation is 1. The summed E-state index contributed by atoms with van der Waals surface area (Å²) < 4.78 is 5.88. The summed E-state index contributed by atoms with van der Waals surface area (Å²) in [6.07, 6.45) is 0.780. The Bertz CT molecular complexity index is 402. The van der Waals surface area contributed by atoms with E-state index in [1.54, 1.807) is 0 Å². The lowest BCUT2D eigenvalue weighted by molar-refractivity contribution is 0.497. The summed E-state index contributed by atoms with van der Waals surface area (Å²) in [7, 11) is -1.21. The third-order valence-electron chi connectivity index (χ3n) is 2.25. The van der Waals surface area contributed by atoms with E-state index in [1.807, 2.05) is 6.92 Å². The fourth-order valence-electron chi connectivity index (χ4n) is 1.47. The molecule has 0 aliphatic heterocycles. The SMILES string of the molecule is CCc1nc(Cl)c(O[SiH](C)C)c(C(C)(C)C)n1. The first-order valence-electron chi connectivity index (χ1n) is 5.99. The van der Waals surface area contributed by atoms with Gasteiger partial charge in [0.15, 0.2) is 10.9 Å². The summed E-state index contributed by atoms with van der Waals surface area (Å²) in [5.74, 6) is 1.45. The molecule has 0 N–H and O–H groups in total. The van der Waals surface area contributed by atoms with Crippen LogP contribution in [0.5, 0.6) is 5.75 Å². The summed E-state index contributed by atoms with van der Waals surface area (Å²) in [5.41, 5.74) is 0.824. The van der Waals surface area contributed by atoms with E-state index in [0.717, 1.165) is 17.9 Å². The fourth-order valence-corrected chi connectivity index (χ4v) is 2.47. The molecule has 0 amide bonds. The van der Waals surface area contributed by atoms with Gasteiger partial charge in [-0.05, 0) is 13.1 Å². The Morgan fingerprint density at radius 3 is 2.24 bits per heavy atom. The van der Waals surface area contributed by atoms with Crippen LogP contribution >= 0.6 is 11.6 Å². The molecular weight excluding hydrogens is 252 g/mol. The molecule has 1 aromatic rings. The van der Waals surface area contributed by atoms with E-state index in [9.17, 15) is 0 Å². The van der Waals surface area contributed by atoms with E-state index in [2.05, 4.69) is 43.8 Å². The summed E-state index contributed by atoms with van der Waals surface area (Å²) in [6.45, 7) is 12.6.